The Kier molecular flexibility index (Phi) is 5.30. The summed E-state index contributed by atoms with van der Waals surface area (Å²) in [4.78, 5) is 18.1. The Labute approximate surface area is 147 Å². The van der Waals surface area contributed by atoms with Crippen LogP contribution in [0.25, 0.3) is 0 Å². The number of carbonyl (C=O) groups excluding carboxylic acids is 1. The van der Waals surface area contributed by atoms with Gasteiger partial charge in [-0.1, -0.05) is 24.3 Å². The average Bonchev–Trinajstić information content (AvgIpc) is 2.67. The predicted molar refractivity (Wildman–Crippen MR) is 99.3 cm³/mol. The molecule has 0 aromatic heterocycles. The van der Waals surface area contributed by atoms with Crippen LogP contribution in [0.15, 0.2) is 53.4 Å². The number of methoxy groups -OCH3 is 1. The third-order valence-corrected chi connectivity index (χ3v) is 5.13. The van der Waals surface area contributed by atoms with Crippen LogP contribution in [-0.2, 0) is 0 Å². The van der Waals surface area contributed by atoms with Crippen molar-refractivity contribution in [1.29, 1.82) is 0 Å². The van der Waals surface area contributed by atoms with Gasteiger partial charge in [-0.25, -0.2) is 0 Å². The maximum absolute atomic E-state index is 12.8. The third-order valence-electron chi connectivity index (χ3n) is 4.33. The van der Waals surface area contributed by atoms with Crippen LogP contribution < -0.4 is 9.64 Å². The molecule has 0 spiro atoms. The molecule has 2 aromatic rings. The molecule has 0 unspecified atom stereocenters. The molecule has 0 N–H and O–H groups in total. The van der Waals surface area contributed by atoms with Crippen molar-refractivity contribution in [3.05, 3.63) is 54.1 Å². The van der Waals surface area contributed by atoms with Crippen LogP contribution in [0.1, 0.15) is 10.4 Å². The van der Waals surface area contributed by atoms with Gasteiger partial charge in [-0.15, -0.1) is 11.8 Å². The van der Waals surface area contributed by atoms with Crippen molar-refractivity contribution in [2.24, 2.45) is 0 Å². The smallest absolute Gasteiger partial charge is 0.255 e. The Morgan fingerprint density at radius 1 is 1.00 bits per heavy atom. The summed E-state index contributed by atoms with van der Waals surface area (Å²) in [6, 6.07) is 15.9. The van der Waals surface area contributed by atoms with Crippen LogP contribution in [-0.4, -0.2) is 50.4 Å². The van der Waals surface area contributed by atoms with Crippen molar-refractivity contribution in [3.8, 4) is 5.75 Å². The molecular weight excluding hydrogens is 320 g/mol. The van der Waals surface area contributed by atoms with Crippen LogP contribution >= 0.6 is 11.8 Å². The van der Waals surface area contributed by atoms with Crippen molar-refractivity contribution in [1.82, 2.24) is 4.90 Å². The standard InChI is InChI=1S/C19H22N2O2S/c1-23-17-9-5-4-8-16(17)20-11-13-21(14-12-20)19(22)15-7-3-6-10-18(15)24-2/h3-10H,11-14H2,1-2H3. The molecule has 2 aromatic carbocycles. The number of anilines is 1. The number of para-hydroxylation sites is 2. The quantitative estimate of drug-likeness (QED) is 0.798. The average molecular weight is 342 g/mol. The van der Waals surface area contributed by atoms with Gasteiger partial charge in [-0.05, 0) is 30.5 Å². The van der Waals surface area contributed by atoms with E-state index in [1.54, 1.807) is 18.9 Å². The first-order valence-electron chi connectivity index (χ1n) is 8.05. The minimum atomic E-state index is 0.125. The summed E-state index contributed by atoms with van der Waals surface area (Å²) in [5.74, 6) is 1.00. The van der Waals surface area contributed by atoms with Gasteiger partial charge in [0.05, 0.1) is 18.4 Å². The topological polar surface area (TPSA) is 32.8 Å². The number of nitrogens with zero attached hydrogens (tertiary/aromatic N) is 2. The molecule has 126 valence electrons. The molecule has 0 radical (unpaired) electrons. The van der Waals surface area contributed by atoms with Gasteiger partial charge in [0.2, 0.25) is 0 Å². The number of hydrogen-bond donors (Lipinski definition) is 0. The largest absolute Gasteiger partial charge is 0.495 e. The number of rotatable bonds is 4. The molecule has 0 saturated carbocycles. The molecule has 0 bridgehead atoms. The Morgan fingerprint density at radius 3 is 2.38 bits per heavy atom. The molecular formula is C19H22N2O2S. The number of benzene rings is 2. The lowest BCUT2D eigenvalue weighted by atomic mass is 10.1. The van der Waals surface area contributed by atoms with Gasteiger partial charge in [0, 0.05) is 31.1 Å². The number of piperazine rings is 1. The van der Waals surface area contributed by atoms with E-state index in [0.717, 1.165) is 48.1 Å². The Bertz CT molecular complexity index is 712. The van der Waals surface area contributed by atoms with E-state index >= 15 is 0 Å². The van der Waals surface area contributed by atoms with Crippen molar-refractivity contribution < 1.29 is 9.53 Å². The summed E-state index contributed by atoms with van der Waals surface area (Å²) in [6.45, 7) is 3.07. The lowest BCUT2D eigenvalue weighted by Gasteiger charge is -2.36. The number of amides is 1. The lowest BCUT2D eigenvalue weighted by molar-refractivity contribution is 0.0743. The van der Waals surface area contributed by atoms with Crippen LogP contribution in [0.3, 0.4) is 0 Å². The molecule has 1 aliphatic rings. The fraction of sp³-hybridized carbons (Fsp3) is 0.316. The van der Waals surface area contributed by atoms with Crippen molar-refractivity contribution in [2.75, 3.05) is 44.4 Å². The zero-order chi connectivity index (χ0) is 16.9. The van der Waals surface area contributed by atoms with E-state index < -0.39 is 0 Å². The van der Waals surface area contributed by atoms with Crippen molar-refractivity contribution in [3.63, 3.8) is 0 Å². The van der Waals surface area contributed by atoms with E-state index in [2.05, 4.69) is 11.0 Å². The highest BCUT2D eigenvalue weighted by atomic mass is 32.2. The molecule has 0 aliphatic carbocycles. The first-order valence-corrected chi connectivity index (χ1v) is 9.27. The highest BCUT2D eigenvalue weighted by molar-refractivity contribution is 7.98. The number of thioether (sulfide) groups is 1. The maximum Gasteiger partial charge on any atom is 0.255 e. The minimum absolute atomic E-state index is 0.125. The van der Waals surface area contributed by atoms with E-state index in [1.807, 2.05) is 53.6 Å². The molecule has 4 nitrogen and oxygen atoms in total. The summed E-state index contributed by atoms with van der Waals surface area (Å²) in [6.07, 6.45) is 2.01. The highest BCUT2D eigenvalue weighted by Gasteiger charge is 2.24. The summed E-state index contributed by atoms with van der Waals surface area (Å²) in [5.41, 5.74) is 1.90. The molecule has 24 heavy (non-hydrogen) atoms. The normalized spacial score (nSPS) is 14.6. The fourth-order valence-electron chi connectivity index (χ4n) is 3.03. The molecule has 1 heterocycles. The summed E-state index contributed by atoms with van der Waals surface area (Å²) in [5, 5.41) is 0. The number of ether oxygens (including phenoxy) is 1. The van der Waals surface area contributed by atoms with E-state index in [0.29, 0.717) is 0 Å². The fourth-order valence-corrected chi connectivity index (χ4v) is 3.62. The Hall–Kier alpha value is -2.14. The summed E-state index contributed by atoms with van der Waals surface area (Å²) in [7, 11) is 1.69. The summed E-state index contributed by atoms with van der Waals surface area (Å²) >= 11 is 1.62. The molecule has 0 atom stereocenters. The monoisotopic (exact) mass is 342 g/mol. The predicted octanol–water partition coefficient (Wildman–Crippen LogP) is 3.38. The second-order valence-corrected chi connectivity index (χ2v) is 6.50. The molecule has 1 saturated heterocycles. The molecule has 3 rings (SSSR count). The van der Waals surface area contributed by atoms with Crippen LogP contribution in [0.4, 0.5) is 5.69 Å². The Balaban J connectivity index is 1.70. The highest BCUT2D eigenvalue weighted by Crippen LogP contribution is 2.29. The van der Waals surface area contributed by atoms with Crippen LogP contribution in [0.5, 0.6) is 5.75 Å². The second kappa shape index (κ2) is 7.62. The van der Waals surface area contributed by atoms with E-state index in [4.69, 9.17) is 4.74 Å². The lowest BCUT2D eigenvalue weighted by Crippen LogP contribution is -2.49. The van der Waals surface area contributed by atoms with Gasteiger partial charge in [0.1, 0.15) is 5.75 Å². The molecule has 1 amide bonds. The molecule has 1 fully saturated rings. The molecule has 1 aliphatic heterocycles. The van der Waals surface area contributed by atoms with Crippen LogP contribution in [0.2, 0.25) is 0 Å². The SMILES string of the molecule is COc1ccccc1N1CCN(C(=O)c2ccccc2SC)CC1. The zero-order valence-electron chi connectivity index (χ0n) is 14.1. The van der Waals surface area contributed by atoms with Crippen LogP contribution in [0, 0.1) is 0 Å². The van der Waals surface area contributed by atoms with Gasteiger partial charge in [-0.3, -0.25) is 4.79 Å². The maximum atomic E-state index is 12.8. The van der Waals surface area contributed by atoms with Gasteiger partial charge in [-0.2, -0.15) is 0 Å². The van der Waals surface area contributed by atoms with Gasteiger partial charge in [0.15, 0.2) is 0 Å². The first-order chi connectivity index (χ1) is 11.7. The van der Waals surface area contributed by atoms with Crippen molar-refractivity contribution >= 4 is 23.4 Å². The second-order valence-electron chi connectivity index (χ2n) is 5.65. The minimum Gasteiger partial charge on any atom is -0.495 e. The van der Waals surface area contributed by atoms with E-state index in [1.165, 1.54) is 0 Å². The van der Waals surface area contributed by atoms with E-state index in [-0.39, 0.29) is 5.91 Å². The Morgan fingerprint density at radius 2 is 1.67 bits per heavy atom. The number of hydrogen-bond acceptors (Lipinski definition) is 4. The number of carbonyl (C=O) groups is 1. The summed E-state index contributed by atoms with van der Waals surface area (Å²) < 4.78 is 5.45. The van der Waals surface area contributed by atoms with Gasteiger partial charge in [0.25, 0.3) is 5.91 Å². The third kappa shape index (κ3) is 3.36. The first kappa shape index (κ1) is 16.7. The van der Waals surface area contributed by atoms with Gasteiger partial charge >= 0.3 is 0 Å². The van der Waals surface area contributed by atoms with Crippen molar-refractivity contribution in [2.45, 2.75) is 4.90 Å². The van der Waals surface area contributed by atoms with Gasteiger partial charge < -0.3 is 14.5 Å². The van der Waals surface area contributed by atoms with E-state index in [9.17, 15) is 4.79 Å². The zero-order valence-corrected chi connectivity index (χ0v) is 14.9. The molecule has 5 heteroatoms.